The molecule has 1 aromatic carbocycles. The number of rotatable bonds is 2. The van der Waals surface area contributed by atoms with Crippen LogP contribution in [-0.2, 0) is 4.79 Å². The topological polar surface area (TPSA) is 55.1 Å². The quantitative estimate of drug-likeness (QED) is 0.845. The summed E-state index contributed by atoms with van der Waals surface area (Å²) in [5.74, 6) is -0.238. The van der Waals surface area contributed by atoms with Crippen molar-refractivity contribution in [1.82, 2.24) is 0 Å². The highest BCUT2D eigenvalue weighted by Gasteiger charge is 2.09. The number of hydrogen-bond acceptors (Lipinski definition) is 2. The maximum Gasteiger partial charge on any atom is 0.241 e. The van der Waals surface area contributed by atoms with E-state index in [0.717, 1.165) is 5.56 Å². The van der Waals surface area contributed by atoms with Crippen molar-refractivity contribution in [2.24, 2.45) is 5.73 Å². The van der Waals surface area contributed by atoms with Crippen molar-refractivity contribution in [2.45, 2.75) is 19.9 Å². The molecule has 5 heteroatoms. The van der Waals surface area contributed by atoms with Crippen molar-refractivity contribution in [3.8, 4) is 0 Å². The third-order valence-electron chi connectivity index (χ3n) is 1.79. The molecule has 0 aliphatic rings. The Morgan fingerprint density at radius 1 is 1.53 bits per heavy atom. The second-order valence-electron chi connectivity index (χ2n) is 3.26. The molecule has 1 amide bonds. The molecule has 15 heavy (non-hydrogen) atoms. The molecular formula is C10H14Cl2N2O. The molecule has 0 aromatic heterocycles. The second-order valence-corrected chi connectivity index (χ2v) is 3.67. The summed E-state index contributed by atoms with van der Waals surface area (Å²) in [6, 6.07) is 4.90. The van der Waals surface area contributed by atoms with Gasteiger partial charge in [0, 0.05) is 0 Å². The van der Waals surface area contributed by atoms with Gasteiger partial charge in [0.05, 0.1) is 16.8 Å². The Morgan fingerprint density at radius 3 is 2.67 bits per heavy atom. The first-order valence-electron chi connectivity index (χ1n) is 4.33. The minimum atomic E-state index is -0.536. The molecule has 0 fully saturated rings. The van der Waals surface area contributed by atoms with E-state index in [1.54, 1.807) is 13.0 Å². The number of aryl methyl sites for hydroxylation is 1. The maximum atomic E-state index is 11.3. The van der Waals surface area contributed by atoms with Gasteiger partial charge in [-0.05, 0) is 31.5 Å². The minimum absolute atomic E-state index is 0. The van der Waals surface area contributed by atoms with Crippen LogP contribution >= 0.6 is 24.0 Å². The smallest absolute Gasteiger partial charge is 0.241 e. The zero-order chi connectivity index (χ0) is 10.7. The van der Waals surface area contributed by atoms with Gasteiger partial charge in [0.1, 0.15) is 0 Å². The minimum Gasteiger partial charge on any atom is -0.323 e. The monoisotopic (exact) mass is 248 g/mol. The van der Waals surface area contributed by atoms with E-state index in [-0.39, 0.29) is 18.3 Å². The Labute approximate surface area is 100 Å². The summed E-state index contributed by atoms with van der Waals surface area (Å²) in [7, 11) is 0. The van der Waals surface area contributed by atoms with E-state index < -0.39 is 6.04 Å². The van der Waals surface area contributed by atoms with Gasteiger partial charge in [-0.1, -0.05) is 17.7 Å². The molecule has 1 atom stereocenters. The Hall–Kier alpha value is -0.770. The number of carbonyl (C=O) groups excluding carboxylic acids is 1. The summed E-state index contributed by atoms with van der Waals surface area (Å²) in [6.07, 6.45) is 0. The average molecular weight is 249 g/mol. The van der Waals surface area contributed by atoms with Gasteiger partial charge >= 0.3 is 0 Å². The number of amides is 1. The van der Waals surface area contributed by atoms with Gasteiger partial charge in [-0.2, -0.15) is 0 Å². The summed E-state index contributed by atoms with van der Waals surface area (Å²) in [5.41, 5.74) is 7.06. The lowest BCUT2D eigenvalue weighted by Gasteiger charge is -2.09. The van der Waals surface area contributed by atoms with Crippen molar-refractivity contribution in [3.63, 3.8) is 0 Å². The lowest BCUT2D eigenvalue weighted by atomic mass is 10.2. The van der Waals surface area contributed by atoms with Gasteiger partial charge in [0.25, 0.3) is 0 Å². The Morgan fingerprint density at radius 2 is 2.13 bits per heavy atom. The molecule has 84 valence electrons. The summed E-state index contributed by atoms with van der Waals surface area (Å²) < 4.78 is 0. The molecule has 0 radical (unpaired) electrons. The van der Waals surface area contributed by atoms with Gasteiger partial charge in [-0.25, -0.2) is 0 Å². The largest absolute Gasteiger partial charge is 0.323 e. The maximum absolute atomic E-state index is 11.3. The van der Waals surface area contributed by atoms with E-state index in [9.17, 15) is 4.79 Å². The third-order valence-corrected chi connectivity index (χ3v) is 2.12. The zero-order valence-corrected chi connectivity index (χ0v) is 10.2. The van der Waals surface area contributed by atoms with Crippen molar-refractivity contribution >= 4 is 35.6 Å². The number of anilines is 1. The van der Waals surface area contributed by atoms with Crippen LogP contribution in [0.25, 0.3) is 0 Å². The molecule has 0 heterocycles. The molecule has 3 N–H and O–H groups in total. The Bertz CT molecular complexity index is 353. The first kappa shape index (κ1) is 14.2. The van der Waals surface area contributed by atoms with E-state index in [4.69, 9.17) is 17.3 Å². The third kappa shape index (κ3) is 4.08. The fourth-order valence-corrected chi connectivity index (χ4v) is 1.15. The highest BCUT2D eigenvalue weighted by Crippen LogP contribution is 2.22. The lowest BCUT2D eigenvalue weighted by Crippen LogP contribution is -2.32. The standard InChI is InChI=1S/C10H13ClN2O.ClH/c1-6-3-4-8(11)9(5-6)13-10(14)7(2)12;/h3-5,7H,12H2,1-2H3,(H,13,14);1H. The van der Waals surface area contributed by atoms with Crippen LogP contribution in [0, 0.1) is 6.92 Å². The van der Waals surface area contributed by atoms with Crippen LogP contribution in [0.4, 0.5) is 5.69 Å². The molecule has 0 saturated carbocycles. The predicted molar refractivity (Wildman–Crippen MR) is 65.7 cm³/mol. The van der Waals surface area contributed by atoms with E-state index in [1.165, 1.54) is 0 Å². The van der Waals surface area contributed by atoms with Gasteiger partial charge in [-0.15, -0.1) is 12.4 Å². The zero-order valence-electron chi connectivity index (χ0n) is 8.58. The van der Waals surface area contributed by atoms with Gasteiger partial charge in [-0.3, -0.25) is 4.79 Å². The van der Waals surface area contributed by atoms with Crippen LogP contribution in [0.15, 0.2) is 18.2 Å². The van der Waals surface area contributed by atoms with Crippen LogP contribution in [0.3, 0.4) is 0 Å². The molecule has 1 aromatic rings. The fourth-order valence-electron chi connectivity index (χ4n) is 0.981. The number of nitrogens with two attached hydrogens (primary N) is 1. The Balaban J connectivity index is 0.00000196. The molecule has 3 nitrogen and oxygen atoms in total. The van der Waals surface area contributed by atoms with Crippen LogP contribution < -0.4 is 11.1 Å². The van der Waals surface area contributed by atoms with Crippen molar-refractivity contribution in [1.29, 1.82) is 0 Å². The molecule has 1 rings (SSSR count). The number of benzene rings is 1. The van der Waals surface area contributed by atoms with Crippen molar-refractivity contribution in [3.05, 3.63) is 28.8 Å². The van der Waals surface area contributed by atoms with E-state index in [2.05, 4.69) is 5.32 Å². The highest BCUT2D eigenvalue weighted by atomic mass is 35.5. The molecule has 1 unspecified atom stereocenters. The van der Waals surface area contributed by atoms with E-state index in [0.29, 0.717) is 10.7 Å². The lowest BCUT2D eigenvalue weighted by molar-refractivity contribution is -0.117. The first-order valence-corrected chi connectivity index (χ1v) is 4.71. The van der Waals surface area contributed by atoms with Crippen LogP contribution in [0.5, 0.6) is 0 Å². The first-order chi connectivity index (χ1) is 6.50. The van der Waals surface area contributed by atoms with Gasteiger partial charge in [0.2, 0.25) is 5.91 Å². The van der Waals surface area contributed by atoms with Gasteiger partial charge < -0.3 is 11.1 Å². The number of hydrogen-bond donors (Lipinski definition) is 2. The predicted octanol–water partition coefficient (Wildman–Crippen LogP) is 2.36. The van der Waals surface area contributed by atoms with Crippen LogP contribution in [0.2, 0.25) is 5.02 Å². The molecule has 0 aliphatic carbocycles. The molecule has 0 bridgehead atoms. The van der Waals surface area contributed by atoms with Crippen molar-refractivity contribution in [2.75, 3.05) is 5.32 Å². The molecular weight excluding hydrogens is 235 g/mol. The van der Waals surface area contributed by atoms with Crippen LogP contribution in [0.1, 0.15) is 12.5 Å². The van der Waals surface area contributed by atoms with E-state index in [1.807, 2.05) is 19.1 Å². The summed E-state index contributed by atoms with van der Waals surface area (Å²) in [6.45, 7) is 3.55. The summed E-state index contributed by atoms with van der Waals surface area (Å²) in [4.78, 5) is 11.3. The molecule has 0 saturated heterocycles. The van der Waals surface area contributed by atoms with Crippen LogP contribution in [-0.4, -0.2) is 11.9 Å². The Kier molecular flexibility index (Phi) is 5.65. The van der Waals surface area contributed by atoms with E-state index >= 15 is 0 Å². The normalized spacial score (nSPS) is 11.5. The second kappa shape index (κ2) is 5.95. The average Bonchev–Trinajstić information content (AvgIpc) is 2.11. The number of nitrogens with one attached hydrogen (secondary N) is 1. The summed E-state index contributed by atoms with van der Waals surface area (Å²) in [5, 5.41) is 3.17. The fraction of sp³-hybridized carbons (Fsp3) is 0.300. The number of carbonyl (C=O) groups is 1. The highest BCUT2D eigenvalue weighted by molar-refractivity contribution is 6.33. The number of halogens is 2. The molecule has 0 aliphatic heterocycles. The SMILES string of the molecule is Cc1ccc(Cl)c(NC(=O)C(C)N)c1.Cl. The van der Waals surface area contributed by atoms with Crippen molar-refractivity contribution < 1.29 is 4.79 Å². The van der Waals surface area contributed by atoms with Gasteiger partial charge in [0.15, 0.2) is 0 Å². The summed E-state index contributed by atoms with van der Waals surface area (Å²) >= 11 is 5.89. The molecule has 0 spiro atoms.